The molecular formula is C21H24F3N5O2. The fraction of sp³-hybridized carbons (Fsp3) is 0.429. The van der Waals surface area contributed by atoms with Crippen LogP contribution in [0.2, 0.25) is 0 Å². The van der Waals surface area contributed by atoms with Crippen LogP contribution in [-0.4, -0.2) is 51.0 Å². The molecule has 1 aliphatic heterocycles. The monoisotopic (exact) mass is 435 g/mol. The number of imidazole rings is 1. The van der Waals surface area contributed by atoms with Gasteiger partial charge in [-0.15, -0.1) is 0 Å². The number of morpholine rings is 1. The largest absolute Gasteiger partial charge is 0.493 e. The van der Waals surface area contributed by atoms with Crippen LogP contribution in [0.15, 0.2) is 42.7 Å². The highest BCUT2D eigenvalue weighted by atomic mass is 19.4. The summed E-state index contributed by atoms with van der Waals surface area (Å²) >= 11 is 0. The predicted molar refractivity (Wildman–Crippen MR) is 106 cm³/mol. The van der Waals surface area contributed by atoms with Crippen LogP contribution in [0.25, 0.3) is 0 Å². The van der Waals surface area contributed by atoms with E-state index in [4.69, 9.17) is 9.47 Å². The smallest absolute Gasteiger partial charge is 0.416 e. The van der Waals surface area contributed by atoms with Gasteiger partial charge in [-0.1, -0.05) is 0 Å². The van der Waals surface area contributed by atoms with Crippen LogP contribution in [0.4, 0.5) is 13.2 Å². The van der Waals surface area contributed by atoms with Crippen LogP contribution < -0.4 is 4.74 Å². The highest BCUT2D eigenvalue weighted by Crippen LogP contribution is 2.30. The molecule has 3 aromatic rings. The van der Waals surface area contributed by atoms with Gasteiger partial charge in [0, 0.05) is 44.6 Å². The normalized spacial score (nSPS) is 17.7. The molecule has 2 aromatic heterocycles. The maximum absolute atomic E-state index is 12.6. The summed E-state index contributed by atoms with van der Waals surface area (Å²) in [5, 5.41) is 4.59. The average molecular weight is 435 g/mol. The van der Waals surface area contributed by atoms with Crippen molar-refractivity contribution < 1.29 is 22.6 Å². The summed E-state index contributed by atoms with van der Waals surface area (Å²) in [7, 11) is 1.86. The molecule has 7 nitrogen and oxygen atoms in total. The Morgan fingerprint density at radius 2 is 2.06 bits per heavy atom. The van der Waals surface area contributed by atoms with Crippen molar-refractivity contribution in [3.63, 3.8) is 0 Å². The quantitative estimate of drug-likeness (QED) is 0.617. The number of alkyl halides is 3. The fourth-order valence-corrected chi connectivity index (χ4v) is 3.56. The summed E-state index contributed by atoms with van der Waals surface area (Å²) in [4.78, 5) is 9.66. The summed E-state index contributed by atoms with van der Waals surface area (Å²) in [5.41, 5.74) is 1.13. The van der Waals surface area contributed by atoms with Crippen LogP contribution in [0.3, 0.4) is 0 Å². The van der Waals surface area contributed by atoms with Gasteiger partial charge in [0.05, 0.1) is 31.0 Å². The molecule has 10 heteroatoms. The highest BCUT2D eigenvalue weighted by molar-refractivity contribution is 5.29. The van der Waals surface area contributed by atoms with Gasteiger partial charge in [0.25, 0.3) is 0 Å². The first-order valence-electron chi connectivity index (χ1n) is 10.0. The van der Waals surface area contributed by atoms with Crippen LogP contribution in [-0.2, 0) is 30.9 Å². The third-order valence-corrected chi connectivity index (χ3v) is 5.21. The number of nitrogens with one attached hydrogen (secondary N) is 1. The predicted octanol–water partition coefficient (Wildman–Crippen LogP) is 3.36. The lowest BCUT2D eigenvalue weighted by Gasteiger charge is -2.31. The van der Waals surface area contributed by atoms with Crippen LogP contribution >= 0.6 is 0 Å². The number of hydrogen-bond acceptors (Lipinski definition) is 5. The first-order chi connectivity index (χ1) is 14.9. The van der Waals surface area contributed by atoms with Gasteiger partial charge in [-0.05, 0) is 30.3 Å². The minimum Gasteiger partial charge on any atom is -0.493 e. The molecule has 0 spiro atoms. The third-order valence-electron chi connectivity index (χ3n) is 5.21. The molecule has 1 aliphatic rings. The lowest BCUT2D eigenvalue weighted by atomic mass is 10.2. The van der Waals surface area contributed by atoms with Crippen LogP contribution in [0.1, 0.15) is 28.9 Å². The number of rotatable bonds is 7. The topological polar surface area (TPSA) is 68.2 Å². The molecule has 1 unspecified atom stereocenters. The van der Waals surface area contributed by atoms with E-state index in [0.29, 0.717) is 25.4 Å². The van der Waals surface area contributed by atoms with Crippen molar-refractivity contribution in [1.82, 2.24) is 24.6 Å². The Morgan fingerprint density at radius 3 is 2.77 bits per heavy atom. The second-order valence-electron chi connectivity index (χ2n) is 7.44. The fourth-order valence-electron chi connectivity index (χ4n) is 3.56. The number of ether oxygens (including phenoxy) is 2. The Balaban J connectivity index is 1.31. The molecule has 0 saturated carbocycles. The Morgan fingerprint density at radius 1 is 1.26 bits per heavy atom. The lowest BCUT2D eigenvalue weighted by molar-refractivity contribution is -0.137. The van der Waals surface area contributed by atoms with E-state index >= 15 is 0 Å². The van der Waals surface area contributed by atoms with Crippen molar-refractivity contribution in [3.8, 4) is 5.75 Å². The zero-order valence-corrected chi connectivity index (χ0v) is 17.1. The van der Waals surface area contributed by atoms with E-state index in [1.165, 1.54) is 12.1 Å². The Labute approximate surface area is 177 Å². The van der Waals surface area contributed by atoms with Gasteiger partial charge in [-0.3, -0.25) is 9.58 Å². The Kier molecular flexibility index (Phi) is 6.28. The summed E-state index contributed by atoms with van der Waals surface area (Å²) < 4.78 is 51.2. The standard InChI is InChI=1S/C21H24F3N5O2/c1-28-16(6-10-30-17-4-2-15(3-5-17)21(22,23)24)12-18(27-28)19-13-29(9-11-31-19)14-20-25-7-8-26-20/h2-5,7-8,12,19H,6,9-11,13-14H2,1H3,(H,25,26). The van der Waals surface area contributed by atoms with E-state index in [1.54, 1.807) is 10.9 Å². The maximum atomic E-state index is 12.6. The Hall–Kier alpha value is -2.85. The van der Waals surface area contributed by atoms with Crippen LogP contribution in [0.5, 0.6) is 5.75 Å². The zero-order chi connectivity index (χ0) is 21.8. The highest BCUT2D eigenvalue weighted by Gasteiger charge is 2.30. The molecule has 0 aliphatic carbocycles. The Bertz CT molecular complexity index is 970. The van der Waals surface area contributed by atoms with E-state index in [9.17, 15) is 13.2 Å². The van der Waals surface area contributed by atoms with Crippen molar-refractivity contribution >= 4 is 0 Å². The second-order valence-corrected chi connectivity index (χ2v) is 7.44. The molecule has 166 valence electrons. The van der Waals surface area contributed by atoms with E-state index in [0.717, 1.165) is 49.0 Å². The molecule has 0 amide bonds. The van der Waals surface area contributed by atoms with E-state index in [-0.39, 0.29) is 6.10 Å². The average Bonchev–Trinajstić information content (AvgIpc) is 3.38. The molecule has 1 fully saturated rings. The third kappa shape index (κ3) is 5.45. The molecule has 4 rings (SSSR count). The van der Waals surface area contributed by atoms with E-state index in [1.807, 2.05) is 19.3 Å². The molecule has 1 atom stereocenters. The molecule has 3 heterocycles. The minimum absolute atomic E-state index is 0.125. The van der Waals surface area contributed by atoms with Crippen molar-refractivity contribution in [1.29, 1.82) is 0 Å². The van der Waals surface area contributed by atoms with E-state index in [2.05, 4.69) is 20.0 Å². The van der Waals surface area contributed by atoms with Crippen molar-refractivity contribution in [3.05, 3.63) is 65.5 Å². The number of aryl methyl sites for hydroxylation is 1. The maximum Gasteiger partial charge on any atom is 0.416 e. The number of aromatic amines is 1. The van der Waals surface area contributed by atoms with E-state index < -0.39 is 11.7 Å². The van der Waals surface area contributed by atoms with Gasteiger partial charge < -0.3 is 14.5 Å². The minimum atomic E-state index is -4.35. The van der Waals surface area contributed by atoms with Crippen molar-refractivity contribution in [2.75, 3.05) is 26.3 Å². The van der Waals surface area contributed by atoms with Gasteiger partial charge >= 0.3 is 6.18 Å². The zero-order valence-electron chi connectivity index (χ0n) is 17.1. The number of H-pyrrole nitrogens is 1. The molecule has 1 saturated heterocycles. The molecule has 31 heavy (non-hydrogen) atoms. The van der Waals surface area contributed by atoms with Crippen molar-refractivity contribution in [2.45, 2.75) is 25.2 Å². The van der Waals surface area contributed by atoms with Crippen LogP contribution in [0, 0.1) is 0 Å². The summed E-state index contributed by atoms with van der Waals surface area (Å²) in [6, 6.07) is 6.71. The summed E-state index contributed by atoms with van der Waals surface area (Å²) in [5.74, 6) is 1.32. The number of halogens is 3. The molecule has 0 radical (unpaired) electrons. The first-order valence-corrected chi connectivity index (χ1v) is 10.0. The van der Waals surface area contributed by atoms with Gasteiger partial charge in [0.15, 0.2) is 0 Å². The molecule has 0 bridgehead atoms. The van der Waals surface area contributed by atoms with Crippen molar-refractivity contribution in [2.24, 2.45) is 7.05 Å². The summed E-state index contributed by atoms with van der Waals surface area (Å²) in [6.07, 6.45) is -0.346. The molecule has 1 aromatic carbocycles. The number of aromatic nitrogens is 4. The SMILES string of the molecule is Cn1nc(C2CN(Cc3ncc[nH]3)CCO2)cc1CCOc1ccc(C(F)(F)F)cc1. The number of benzene rings is 1. The lowest BCUT2D eigenvalue weighted by Crippen LogP contribution is -2.38. The van der Waals surface area contributed by atoms with Gasteiger partial charge in [0.2, 0.25) is 0 Å². The van der Waals surface area contributed by atoms with Gasteiger partial charge in [-0.2, -0.15) is 18.3 Å². The number of hydrogen-bond donors (Lipinski definition) is 1. The second kappa shape index (κ2) is 9.11. The molecule has 1 N–H and O–H groups in total. The number of nitrogens with zero attached hydrogens (tertiary/aromatic N) is 4. The first kappa shape index (κ1) is 21.4. The molecular weight excluding hydrogens is 411 g/mol. The summed E-state index contributed by atoms with van der Waals surface area (Å²) in [6.45, 7) is 3.24. The van der Waals surface area contributed by atoms with Gasteiger partial charge in [0.1, 0.15) is 17.7 Å². The van der Waals surface area contributed by atoms with Gasteiger partial charge in [-0.25, -0.2) is 4.98 Å².